The Morgan fingerprint density at radius 1 is 1.26 bits per heavy atom. The number of hydrogen-bond acceptors (Lipinski definition) is 4. The normalized spacial score (nSPS) is 10.3. The van der Waals surface area contributed by atoms with Crippen molar-refractivity contribution in [3.8, 4) is 23.1 Å². The maximum atomic E-state index is 13.2. The van der Waals surface area contributed by atoms with Gasteiger partial charge in [0, 0.05) is 10.6 Å². The van der Waals surface area contributed by atoms with Crippen LogP contribution in [0.4, 0.5) is 4.39 Å². The van der Waals surface area contributed by atoms with Crippen LogP contribution in [0.2, 0.25) is 5.02 Å². The molecule has 0 amide bonds. The molecule has 1 aromatic heterocycles. The Bertz CT molecular complexity index is 888. The molecule has 0 aliphatic carbocycles. The van der Waals surface area contributed by atoms with Crippen LogP contribution in [-0.4, -0.2) is 15.4 Å². The van der Waals surface area contributed by atoms with Gasteiger partial charge < -0.3 is 4.74 Å². The second-order valence-corrected chi connectivity index (χ2v) is 5.18. The Kier molecular flexibility index (Phi) is 4.22. The lowest BCUT2D eigenvalue weighted by atomic mass is 10.1. The Balaban J connectivity index is 1.85. The van der Waals surface area contributed by atoms with E-state index in [-0.39, 0.29) is 18.1 Å². The van der Waals surface area contributed by atoms with Crippen molar-refractivity contribution in [3.05, 3.63) is 64.6 Å². The van der Waals surface area contributed by atoms with E-state index in [0.29, 0.717) is 27.6 Å². The summed E-state index contributed by atoms with van der Waals surface area (Å²) < 4.78 is 18.8. The number of H-pyrrole nitrogens is 1. The second-order valence-electron chi connectivity index (χ2n) is 4.74. The minimum absolute atomic E-state index is 0.196. The summed E-state index contributed by atoms with van der Waals surface area (Å²) in [4.78, 5) is 0. The smallest absolute Gasteiger partial charge is 0.163 e. The lowest BCUT2D eigenvalue weighted by Gasteiger charge is -2.08. The van der Waals surface area contributed by atoms with E-state index in [1.807, 2.05) is 6.07 Å². The van der Waals surface area contributed by atoms with Crippen LogP contribution in [0.15, 0.2) is 42.5 Å². The first-order chi connectivity index (χ1) is 11.2. The Hall–Kier alpha value is -2.91. The van der Waals surface area contributed by atoms with Crippen molar-refractivity contribution in [3.63, 3.8) is 0 Å². The number of nitriles is 1. The zero-order valence-corrected chi connectivity index (χ0v) is 12.5. The molecule has 3 aromatic rings. The average Bonchev–Trinajstić information content (AvgIpc) is 3.01. The number of hydrogen-bond donors (Lipinski definition) is 1. The molecular formula is C16H10ClFN4O. The molecule has 0 spiro atoms. The van der Waals surface area contributed by atoms with Gasteiger partial charge in [-0.2, -0.15) is 5.26 Å². The number of aromatic nitrogens is 3. The van der Waals surface area contributed by atoms with E-state index >= 15 is 0 Å². The van der Waals surface area contributed by atoms with Crippen LogP contribution in [0, 0.1) is 17.1 Å². The molecule has 0 atom stereocenters. The minimum Gasteiger partial charge on any atom is -0.489 e. The average molecular weight is 329 g/mol. The summed E-state index contributed by atoms with van der Waals surface area (Å²) in [6.07, 6.45) is 0. The van der Waals surface area contributed by atoms with Gasteiger partial charge in [0.25, 0.3) is 0 Å². The van der Waals surface area contributed by atoms with Crippen LogP contribution in [0.1, 0.15) is 11.3 Å². The Morgan fingerprint density at radius 2 is 2.13 bits per heavy atom. The molecule has 7 heteroatoms. The third kappa shape index (κ3) is 3.47. The van der Waals surface area contributed by atoms with Gasteiger partial charge in [-0.3, -0.25) is 0 Å². The molecule has 5 nitrogen and oxygen atoms in total. The van der Waals surface area contributed by atoms with Crippen molar-refractivity contribution in [2.45, 2.75) is 6.61 Å². The number of ether oxygens (including phenoxy) is 1. The third-order valence-corrected chi connectivity index (χ3v) is 3.32. The van der Waals surface area contributed by atoms with E-state index in [1.54, 1.807) is 30.3 Å². The van der Waals surface area contributed by atoms with Gasteiger partial charge >= 0.3 is 0 Å². The highest BCUT2D eigenvalue weighted by molar-refractivity contribution is 6.31. The monoisotopic (exact) mass is 328 g/mol. The lowest BCUT2D eigenvalue weighted by Crippen LogP contribution is -1.96. The first kappa shape index (κ1) is 15.0. The molecule has 2 aromatic carbocycles. The molecule has 0 fully saturated rings. The summed E-state index contributed by atoms with van der Waals surface area (Å²) in [6, 6.07) is 13.1. The van der Waals surface area contributed by atoms with Crippen LogP contribution in [0.25, 0.3) is 11.3 Å². The topological polar surface area (TPSA) is 74.6 Å². The number of aromatic amines is 1. The highest BCUT2D eigenvalue weighted by Crippen LogP contribution is 2.29. The summed E-state index contributed by atoms with van der Waals surface area (Å²) >= 11 is 6.09. The van der Waals surface area contributed by atoms with Crippen molar-refractivity contribution in [2.75, 3.05) is 0 Å². The zero-order chi connectivity index (χ0) is 16.2. The van der Waals surface area contributed by atoms with Gasteiger partial charge in [0.2, 0.25) is 0 Å². The molecule has 0 aliphatic rings. The standard InChI is InChI=1S/C16H10ClFN4O/c17-12-5-11(16-15(8-19)20-22-21-16)6-14(7-12)23-9-10-2-1-3-13(18)4-10/h1-7H,9H2,(H,20,21,22). The second kappa shape index (κ2) is 6.46. The van der Waals surface area contributed by atoms with E-state index in [0.717, 1.165) is 0 Å². The van der Waals surface area contributed by atoms with E-state index in [2.05, 4.69) is 15.4 Å². The zero-order valence-electron chi connectivity index (χ0n) is 11.8. The lowest BCUT2D eigenvalue weighted by molar-refractivity contribution is 0.305. The molecule has 23 heavy (non-hydrogen) atoms. The van der Waals surface area contributed by atoms with Gasteiger partial charge in [0.05, 0.1) is 0 Å². The molecule has 1 N–H and O–H groups in total. The van der Waals surface area contributed by atoms with Crippen molar-refractivity contribution in [1.29, 1.82) is 5.26 Å². The molecule has 0 unspecified atom stereocenters. The van der Waals surface area contributed by atoms with Crippen molar-refractivity contribution in [2.24, 2.45) is 0 Å². The molecule has 0 aliphatic heterocycles. The van der Waals surface area contributed by atoms with Gasteiger partial charge in [0.15, 0.2) is 5.69 Å². The highest BCUT2D eigenvalue weighted by Gasteiger charge is 2.11. The van der Waals surface area contributed by atoms with Gasteiger partial charge in [-0.05, 0) is 35.9 Å². The maximum Gasteiger partial charge on any atom is 0.163 e. The summed E-state index contributed by atoms with van der Waals surface area (Å²) in [5.74, 6) is 0.169. The van der Waals surface area contributed by atoms with E-state index < -0.39 is 0 Å². The minimum atomic E-state index is -0.320. The molecule has 1 heterocycles. The fraction of sp³-hybridized carbons (Fsp3) is 0.0625. The fourth-order valence-electron chi connectivity index (χ4n) is 2.08. The maximum absolute atomic E-state index is 13.2. The predicted octanol–water partition coefficient (Wildman–Crippen LogP) is 3.71. The largest absolute Gasteiger partial charge is 0.489 e. The van der Waals surface area contributed by atoms with Crippen molar-refractivity contribution < 1.29 is 9.13 Å². The number of halogens is 2. The summed E-state index contributed by atoms with van der Waals surface area (Å²) in [7, 11) is 0. The molecule has 0 saturated heterocycles. The molecule has 0 saturated carbocycles. The van der Waals surface area contributed by atoms with Gasteiger partial charge in [-0.25, -0.2) is 9.49 Å². The Morgan fingerprint density at radius 3 is 2.91 bits per heavy atom. The third-order valence-electron chi connectivity index (χ3n) is 3.10. The van der Waals surface area contributed by atoms with Crippen LogP contribution in [0.3, 0.4) is 0 Å². The van der Waals surface area contributed by atoms with E-state index in [4.69, 9.17) is 21.6 Å². The molecule has 0 radical (unpaired) electrons. The van der Waals surface area contributed by atoms with Crippen molar-refractivity contribution in [1.82, 2.24) is 15.4 Å². The van der Waals surface area contributed by atoms with Crippen LogP contribution >= 0.6 is 11.6 Å². The SMILES string of the molecule is N#Cc1[nH]nnc1-c1cc(Cl)cc(OCc2cccc(F)c2)c1. The van der Waals surface area contributed by atoms with Gasteiger partial charge in [0.1, 0.15) is 29.9 Å². The van der Waals surface area contributed by atoms with E-state index in [9.17, 15) is 4.39 Å². The Labute approximate surface area is 136 Å². The molecule has 0 bridgehead atoms. The van der Waals surface area contributed by atoms with Crippen LogP contribution < -0.4 is 4.74 Å². The van der Waals surface area contributed by atoms with E-state index in [1.165, 1.54) is 12.1 Å². The number of nitrogens with zero attached hydrogens (tertiary/aromatic N) is 3. The van der Waals surface area contributed by atoms with Crippen LogP contribution in [0.5, 0.6) is 5.75 Å². The number of benzene rings is 2. The molecule has 3 rings (SSSR count). The molecular weight excluding hydrogens is 319 g/mol. The summed E-state index contributed by atoms with van der Waals surface area (Å²) in [5, 5.41) is 19.5. The summed E-state index contributed by atoms with van der Waals surface area (Å²) in [6.45, 7) is 0.196. The first-order valence-corrected chi connectivity index (χ1v) is 7.03. The number of nitrogens with one attached hydrogen (secondary N) is 1. The van der Waals surface area contributed by atoms with Crippen molar-refractivity contribution >= 4 is 11.6 Å². The first-order valence-electron chi connectivity index (χ1n) is 6.65. The molecule has 114 valence electrons. The number of rotatable bonds is 4. The van der Waals surface area contributed by atoms with Gasteiger partial charge in [-0.1, -0.05) is 28.9 Å². The van der Waals surface area contributed by atoms with Gasteiger partial charge in [-0.15, -0.1) is 5.10 Å². The van der Waals surface area contributed by atoms with Crippen LogP contribution in [-0.2, 0) is 6.61 Å². The fourth-order valence-corrected chi connectivity index (χ4v) is 2.31. The quantitative estimate of drug-likeness (QED) is 0.792. The predicted molar refractivity (Wildman–Crippen MR) is 82.3 cm³/mol. The highest BCUT2D eigenvalue weighted by atomic mass is 35.5. The summed E-state index contributed by atoms with van der Waals surface area (Å²) in [5.41, 5.74) is 1.94.